The van der Waals surface area contributed by atoms with E-state index < -0.39 is 18.0 Å². The van der Waals surface area contributed by atoms with Crippen LogP contribution < -0.4 is 5.73 Å². The van der Waals surface area contributed by atoms with Crippen LogP contribution in [0.4, 0.5) is 0 Å². The molecule has 4 N–H and O–H groups in total. The lowest BCUT2D eigenvalue weighted by Crippen LogP contribution is -2.31. The van der Waals surface area contributed by atoms with Crippen molar-refractivity contribution in [2.75, 3.05) is 0 Å². The number of aliphatic carboxylic acids is 2. The summed E-state index contributed by atoms with van der Waals surface area (Å²) in [7, 11) is 0. The van der Waals surface area contributed by atoms with E-state index in [1.54, 1.807) is 0 Å². The molecule has 0 radical (unpaired) electrons. The van der Waals surface area contributed by atoms with Gasteiger partial charge < -0.3 is 15.9 Å². The summed E-state index contributed by atoms with van der Waals surface area (Å²) in [5.74, 6) is -1.39. The quantitative estimate of drug-likeness (QED) is 0.604. The zero-order chi connectivity index (χ0) is 11.0. The van der Waals surface area contributed by atoms with Crippen molar-refractivity contribution in [1.82, 2.24) is 0 Å². The van der Waals surface area contributed by atoms with Crippen molar-refractivity contribution in [3.8, 4) is 0 Å². The number of hydrogen-bond donors (Lipinski definition) is 3. The molecule has 0 bridgehead atoms. The normalized spacial score (nSPS) is 11.5. The zero-order valence-corrected chi connectivity index (χ0v) is 8.15. The van der Waals surface area contributed by atoms with Gasteiger partial charge in [0.25, 0.3) is 5.97 Å². The molecule has 0 aromatic rings. The van der Waals surface area contributed by atoms with Crippen LogP contribution in [0.5, 0.6) is 0 Å². The van der Waals surface area contributed by atoms with Gasteiger partial charge in [-0.15, -0.1) is 0 Å². The van der Waals surface area contributed by atoms with Crippen LogP contribution in [-0.2, 0) is 9.59 Å². The molecule has 0 aromatic heterocycles. The molecule has 0 heterocycles. The summed E-state index contributed by atoms with van der Waals surface area (Å²) in [6.07, 6.45) is 0.551. The number of nitrogens with two attached hydrogens (primary N) is 1. The molecule has 0 aromatic carbocycles. The van der Waals surface area contributed by atoms with Gasteiger partial charge in [0.2, 0.25) is 0 Å². The van der Waals surface area contributed by atoms with Gasteiger partial charge in [-0.3, -0.25) is 9.59 Å². The summed E-state index contributed by atoms with van der Waals surface area (Å²) < 4.78 is 0. The molecule has 0 spiro atoms. The van der Waals surface area contributed by atoms with Crippen LogP contribution in [0.3, 0.4) is 0 Å². The van der Waals surface area contributed by atoms with Gasteiger partial charge in [-0.2, -0.15) is 0 Å². The van der Waals surface area contributed by atoms with Crippen molar-refractivity contribution in [2.24, 2.45) is 11.7 Å². The third-order valence-corrected chi connectivity index (χ3v) is 1.04. The maximum absolute atomic E-state index is 10.1. The Labute approximate surface area is 77.6 Å². The Morgan fingerprint density at radius 3 is 1.69 bits per heavy atom. The fraction of sp³-hybridized carbons (Fsp3) is 0.750. The van der Waals surface area contributed by atoms with E-state index in [0.717, 1.165) is 6.92 Å². The van der Waals surface area contributed by atoms with Gasteiger partial charge in [-0.05, 0) is 12.3 Å². The van der Waals surface area contributed by atoms with E-state index in [0.29, 0.717) is 12.3 Å². The van der Waals surface area contributed by atoms with Crippen molar-refractivity contribution in [2.45, 2.75) is 33.2 Å². The molecule has 0 rings (SSSR count). The lowest BCUT2D eigenvalue weighted by Gasteiger charge is -2.07. The second-order valence-corrected chi connectivity index (χ2v) is 3.09. The topological polar surface area (TPSA) is 101 Å². The first kappa shape index (κ1) is 14.4. The lowest BCUT2D eigenvalue weighted by molar-refractivity contribution is -0.139. The fourth-order valence-electron chi connectivity index (χ4n) is 0.609. The van der Waals surface area contributed by atoms with Gasteiger partial charge in [0, 0.05) is 6.92 Å². The van der Waals surface area contributed by atoms with Crippen molar-refractivity contribution in [3.05, 3.63) is 0 Å². The number of rotatable bonds is 3. The third-order valence-electron chi connectivity index (χ3n) is 1.04. The molecular formula is C8H17NO4. The van der Waals surface area contributed by atoms with E-state index in [9.17, 15) is 4.79 Å². The minimum Gasteiger partial charge on any atom is -0.481 e. The fourth-order valence-corrected chi connectivity index (χ4v) is 0.609. The molecule has 5 nitrogen and oxygen atoms in total. The molecule has 0 amide bonds. The van der Waals surface area contributed by atoms with E-state index in [4.69, 9.17) is 20.7 Å². The Morgan fingerprint density at radius 2 is 1.62 bits per heavy atom. The van der Waals surface area contributed by atoms with Gasteiger partial charge in [0.15, 0.2) is 0 Å². The average Bonchev–Trinajstić information content (AvgIpc) is 1.83. The van der Waals surface area contributed by atoms with Gasteiger partial charge >= 0.3 is 5.97 Å². The highest BCUT2D eigenvalue weighted by Gasteiger charge is 2.11. The van der Waals surface area contributed by atoms with E-state index in [1.807, 2.05) is 13.8 Å². The highest BCUT2D eigenvalue weighted by atomic mass is 16.4. The highest BCUT2D eigenvalue weighted by molar-refractivity contribution is 5.72. The Bertz CT molecular complexity index is 164. The Balaban J connectivity index is 0. The van der Waals surface area contributed by atoms with Gasteiger partial charge in [-0.1, -0.05) is 13.8 Å². The summed E-state index contributed by atoms with van der Waals surface area (Å²) in [4.78, 5) is 19.1. The summed E-state index contributed by atoms with van der Waals surface area (Å²) in [6, 6.07) is -0.690. The second-order valence-electron chi connectivity index (χ2n) is 3.09. The highest BCUT2D eigenvalue weighted by Crippen LogP contribution is 2.01. The Kier molecular flexibility index (Phi) is 8.37. The first-order chi connectivity index (χ1) is 5.77. The predicted octanol–water partition coefficient (Wildman–Crippen LogP) is 0.535. The number of carboxylic acid groups (broad SMARTS) is 2. The third kappa shape index (κ3) is 18.1. The molecule has 0 fully saturated rings. The van der Waals surface area contributed by atoms with Crippen LogP contribution in [0.25, 0.3) is 0 Å². The number of carbonyl (C=O) groups is 2. The summed E-state index contributed by atoms with van der Waals surface area (Å²) in [5.41, 5.74) is 5.22. The van der Waals surface area contributed by atoms with Crippen LogP contribution in [0.2, 0.25) is 0 Å². The molecule has 1 atom stereocenters. The summed E-state index contributed by atoms with van der Waals surface area (Å²) in [5, 5.41) is 15.7. The van der Waals surface area contributed by atoms with Crippen molar-refractivity contribution in [1.29, 1.82) is 0 Å². The van der Waals surface area contributed by atoms with E-state index >= 15 is 0 Å². The first-order valence-electron chi connectivity index (χ1n) is 3.95. The Hall–Kier alpha value is -1.10. The first-order valence-corrected chi connectivity index (χ1v) is 3.95. The zero-order valence-electron chi connectivity index (χ0n) is 8.15. The van der Waals surface area contributed by atoms with Crippen molar-refractivity contribution in [3.63, 3.8) is 0 Å². The van der Waals surface area contributed by atoms with Crippen LogP contribution in [0, 0.1) is 5.92 Å². The molecule has 5 heteroatoms. The Morgan fingerprint density at radius 1 is 1.31 bits per heavy atom. The summed E-state index contributed by atoms with van der Waals surface area (Å²) in [6.45, 7) is 4.98. The van der Waals surface area contributed by atoms with Crippen LogP contribution in [-0.4, -0.2) is 28.2 Å². The van der Waals surface area contributed by atoms with Gasteiger partial charge in [0.05, 0.1) is 0 Å². The monoisotopic (exact) mass is 191 g/mol. The standard InChI is InChI=1S/C6H13NO2.C2H4O2/c1-4(2)3-5(7)6(8)9;1-2(3)4/h4-5H,3,7H2,1-2H3,(H,8,9);1H3,(H,3,4). The molecular weight excluding hydrogens is 174 g/mol. The maximum Gasteiger partial charge on any atom is 0.320 e. The van der Waals surface area contributed by atoms with Gasteiger partial charge in [-0.25, -0.2) is 0 Å². The smallest absolute Gasteiger partial charge is 0.320 e. The molecule has 0 aliphatic carbocycles. The van der Waals surface area contributed by atoms with E-state index in [-0.39, 0.29) is 0 Å². The molecule has 0 aliphatic heterocycles. The SMILES string of the molecule is CC(=O)O.CC(C)CC(N)C(=O)O. The number of carboxylic acids is 2. The minimum absolute atomic E-state index is 0.357. The molecule has 78 valence electrons. The maximum atomic E-state index is 10.1. The van der Waals surface area contributed by atoms with Crippen molar-refractivity contribution >= 4 is 11.9 Å². The van der Waals surface area contributed by atoms with Crippen LogP contribution >= 0.6 is 0 Å². The second kappa shape index (κ2) is 7.54. The van der Waals surface area contributed by atoms with Crippen molar-refractivity contribution < 1.29 is 19.8 Å². The molecule has 0 aliphatic rings. The van der Waals surface area contributed by atoms with E-state index in [1.165, 1.54) is 0 Å². The lowest BCUT2D eigenvalue weighted by atomic mass is 10.1. The molecule has 13 heavy (non-hydrogen) atoms. The van der Waals surface area contributed by atoms with Crippen LogP contribution in [0.15, 0.2) is 0 Å². The largest absolute Gasteiger partial charge is 0.481 e. The van der Waals surface area contributed by atoms with E-state index in [2.05, 4.69) is 0 Å². The average molecular weight is 191 g/mol. The number of hydrogen-bond acceptors (Lipinski definition) is 3. The predicted molar refractivity (Wildman–Crippen MR) is 48.4 cm³/mol. The molecule has 0 saturated heterocycles. The van der Waals surface area contributed by atoms with Gasteiger partial charge in [0.1, 0.15) is 6.04 Å². The molecule has 0 saturated carbocycles. The molecule has 1 unspecified atom stereocenters. The van der Waals surface area contributed by atoms with Crippen LogP contribution in [0.1, 0.15) is 27.2 Å². The summed E-state index contributed by atoms with van der Waals surface area (Å²) >= 11 is 0. The minimum atomic E-state index is -0.913.